The number of hydrogen-bond donors (Lipinski definition) is 2. The Morgan fingerprint density at radius 3 is 2.52 bits per heavy atom. The Morgan fingerprint density at radius 1 is 1.14 bits per heavy atom. The van der Waals surface area contributed by atoms with Crippen molar-refractivity contribution in [2.45, 2.75) is 57.6 Å². The zero-order valence-electron chi connectivity index (χ0n) is 17.6. The number of anilines is 1. The Labute approximate surface area is 175 Å². The van der Waals surface area contributed by atoms with Gasteiger partial charge in [-0.3, -0.25) is 4.79 Å². The summed E-state index contributed by atoms with van der Waals surface area (Å²) in [6.45, 7) is 11.4. The number of aromatic nitrogens is 4. The molecule has 3 rings (SSSR count). The van der Waals surface area contributed by atoms with Gasteiger partial charge in [0, 0.05) is 23.4 Å². The van der Waals surface area contributed by atoms with E-state index in [1.165, 1.54) is 0 Å². The predicted octanol–water partition coefficient (Wildman–Crippen LogP) is 3.89. The van der Waals surface area contributed by atoms with E-state index >= 15 is 0 Å². The van der Waals surface area contributed by atoms with Gasteiger partial charge in [0.1, 0.15) is 5.82 Å². The van der Waals surface area contributed by atoms with Crippen LogP contribution in [0.15, 0.2) is 35.6 Å². The average molecular weight is 413 g/mol. The van der Waals surface area contributed by atoms with E-state index in [1.807, 2.05) is 35.9 Å². The molecule has 0 aliphatic carbocycles. The molecule has 0 aliphatic heterocycles. The fraction of sp³-hybridized carbons (Fsp3) is 0.429. The Morgan fingerprint density at radius 2 is 1.86 bits per heavy atom. The van der Waals surface area contributed by atoms with Crippen molar-refractivity contribution in [2.75, 3.05) is 11.9 Å². The molecule has 0 saturated heterocycles. The van der Waals surface area contributed by atoms with Crippen LogP contribution in [0.25, 0.3) is 11.0 Å². The molecule has 0 unspecified atom stereocenters. The number of carbonyl (C=O) groups excluding carboxylic acids is 1. The lowest BCUT2D eigenvalue weighted by atomic mass is 10.1. The zero-order chi connectivity index (χ0) is 21.0. The van der Waals surface area contributed by atoms with E-state index in [-0.39, 0.29) is 11.9 Å². The molecular formula is C21H28N6OS. The Hall–Kier alpha value is -2.61. The maximum absolute atomic E-state index is 12.3. The molecule has 8 heteroatoms. The van der Waals surface area contributed by atoms with Gasteiger partial charge >= 0.3 is 0 Å². The molecule has 0 saturated carbocycles. The third-order valence-electron chi connectivity index (χ3n) is 4.17. The number of carbonyl (C=O) groups is 1. The zero-order valence-corrected chi connectivity index (χ0v) is 18.4. The molecule has 0 fully saturated rings. The highest BCUT2D eigenvalue weighted by Crippen LogP contribution is 2.26. The van der Waals surface area contributed by atoms with Crippen LogP contribution < -0.4 is 10.6 Å². The maximum atomic E-state index is 12.3. The van der Waals surface area contributed by atoms with Gasteiger partial charge in [-0.1, -0.05) is 43.3 Å². The largest absolute Gasteiger partial charge is 0.367 e. The first kappa shape index (κ1) is 21.1. The highest BCUT2D eigenvalue weighted by Gasteiger charge is 2.15. The highest BCUT2D eigenvalue weighted by atomic mass is 32.2. The Balaban J connectivity index is 1.76. The van der Waals surface area contributed by atoms with Gasteiger partial charge in [0.2, 0.25) is 0 Å². The second-order valence-electron chi connectivity index (χ2n) is 7.55. The van der Waals surface area contributed by atoms with E-state index in [9.17, 15) is 4.79 Å². The molecule has 154 valence electrons. The quantitative estimate of drug-likeness (QED) is 0.431. The van der Waals surface area contributed by atoms with Crippen molar-refractivity contribution >= 4 is 34.5 Å². The third-order valence-corrected chi connectivity index (χ3v) is 5.03. The van der Waals surface area contributed by atoms with Crippen LogP contribution in [0.5, 0.6) is 0 Å². The third kappa shape index (κ3) is 5.47. The number of amides is 1. The van der Waals surface area contributed by atoms with Crippen molar-refractivity contribution in [1.29, 1.82) is 0 Å². The van der Waals surface area contributed by atoms with E-state index in [0.717, 1.165) is 27.6 Å². The first-order valence-electron chi connectivity index (χ1n) is 9.85. The summed E-state index contributed by atoms with van der Waals surface area (Å²) in [6, 6.07) is 7.79. The summed E-state index contributed by atoms with van der Waals surface area (Å²) in [7, 11) is 0. The smallest absolute Gasteiger partial charge is 0.251 e. The van der Waals surface area contributed by atoms with Crippen LogP contribution in [0.1, 0.15) is 43.6 Å². The van der Waals surface area contributed by atoms with Gasteiger partial charge in [0.25, 0.3) is 5.91 Å². The minimum absolute atomic E-state index is 0.0886. The fourth-order valence-corrected chi connectivity index (χ4v) is 3.53. The lowest BCUT2D eigenvalue weighted by Gasteiger charge is -2.12. The lowest BCUT2D eigenvalue weighted by molar-refractivity contribution is 0.0952. The lowest BCUT2D eigenvalue weighted by Crippen LogP contribution is -2.27. The number of thioether (sulfide) groups is 1. The first-order chi connectivity index (χ1) is 13.8. The van der Waals surface area contributed by atoms with Gasteiger partial charge in [-0.25, -0.2) is 14.6 Å². The van der Waals surface area contributed by atoms with Crippen LogP contribution in [0.2, 0.25) is 0 Å². The Bertz CT molecular complexity index is 981. The summed E-state index contributed by atoms with van der Waals surface area (Å²) in [5, 5.41) is 12.8. The number of rotatable bonds is 8. The summed E-state index contributed by atoms with van der Waals surface area (Å²) >= 11 is 1.62. The minimum Gasteiger partial charge on any atom is -0.367 e. The molecule has 7 nitrogen and oxygen atoms in total. The molecule has 2 N–H and O–H groups in total. The minimum atomic E-state index is -0.0886. The Kier molecular flexibility index (Phi) is 6.74. The molecule has 2 aromatic heterocycles. The number of nitrogens with zero attached hydrogens (tertiary/aromatic N) is 4. The van der Waals surface area contributed by atoms with Crippen molar-refractivity contribution in [1.82, 2.24) is 25.1 Å². The summed E-state index contributed by atoms with van der Waals surface area (Å²) in [5.74, 6) is 0.706. The number of benzene rings is 1. The van der Waals surface area contributed by atoms with Gasteiger partial charge in [-0.15, -0.1) is 0 Å². The van der Waals surface area contributed by atoms with Crippen LogP contribution in [0.4, 0.5) is 5.82 Å². The topological polar surface area (TPSA) is 84.7 Å². The van der Waals surface area contributed by atoms with E-state index in [4.69, 9.17) is 4.98 Å². The van der Waals surface area contributed by atoms with Crippen LogP contribution in [-0.4, -0.2) is 43.5 Å². The van der Waals surface area contributed by atoms with Crippen molar-refractivity contribution in [3.05, 3.63) is 41.6 Å². The summed E-state index contributed by atoms with van der Waals surface area (Å²) in [4.78, 5) is 21.7. The maximum Gasteiger partial charge on any atom is 0.251 e. The standard InChI is InChI=1S/C21H28N6OS/c1-13(2)24-18-17-12-23-27(19(17)26-21(25-18)29-14(3)4)11-10-22-20(28)16-8-6-15(5)7-9-16/h6-9,12-14H,10-11H2,1-5H3,(H,22,28)(H,24,25,26). The number of fused-ring (bicyclic) bond motifs is 1. The monoisotopic (exact) mass is 412 g/mol. The van der Waals surface area contributed by atoms with Gasteiger partial charge < -0.3 is 10.6 Å². The predicted molar refractivity (Wildman–Crippen MR) is 119 cm³/mol. The van der Waals surface area contributed by atoms with Crippen molar-refractivity contribution in [3.63, 3.8) is 0 Å². The van der Waals surface area contributed by atoms with E-state index < -0.39 is 0 Å². The summed E-state index contributed by atoms with van der Waals surface area (Å²) in [5.41, 5.74) is 2.56. The van der Waals surface area contributed by atoms with Crippen LogP contribution in [-0.2, 0) is 6.54 Å². The fourth-order valence-electron chi connectivity index (χ4n) is 2.83. The molecule has 0 bridgehead atoms. The van der Waals surface area contributed by atoms with Gasteiger partial charge in [0.15, 0.2) is 10.8 Å². The van der Waals surface area contributed by atoms with Crippen molar-refractivity contribution in [2.24, 2.45) is 0 Å². The molecule has 0 aliphatic rings. The molecule has 1 amide bonds. The molecule has 0 spiro atoms. The SMILES string of the molecule is Cc1ccc(C(=O)NCCn2ncc3c(NC(C)C)nc(SC(C)C)nc32)cc1. The number of nitrogens with one attached hydrogen (secondary N) is 2. The molecular weight excluding hydrogens is 384 g/mol. The molecule has 29 heavy (non-hydrogen) atoms. The van der Waals surface area contributed by atoms with Crippen molar-refractivity contribution < 1.29 is 4.79 Å². The van der Waals surface area contributed by atoms with Crippen LogP contribution in [0.3, 0.4) is 0 Å². The summed E-state index contributed by atoms with van der Waals surface area (Å²) < 4.78 is 1.82. The number of hydrogen-bond acceptors (Lipinski definition) is 6. The van der Waals surface area contributed by atoms with Crippen LogP contribution >= 0.6 is 11.8 Å². The van der Waals surface area contributed by atoms with Gasteiger partial charge in [-0.2, -0.15) is 5.10 Å². The van der Waals surface area contributed by atoms with E-state index in [0.29, 0.717) is 23.9 Å². The van der Waals surface area contributed by atoms with Crippen LogP contribution in [0, 0.1) is 6.92 Å². The second-order valence-corrected chi connectivity index (χ2v) is 9.09. The highest BCUT2D eigenvalue weighted by molar-refractivity contribution is 7.99. The van der Waals surface area contributed by atoms with Gasteiger partial charge in [0.05, 0.1) is 18.1 Å². The molecule has 3 aromatic rings. The molecule has 1 aromatic carbocycles. The molecule has 0 radical (unpaired) electrons. The summed E-state index contributed by atoms with van der Waals surface area (Å²) in [6.07, 6.45) is 1.78. The first-order valence-corrected chi connectivity index (χ1v) is 10.7. The van der Waals surface area contributed by atoms with E-state index in [1.54, 1.807) is 18.0 Å². The number of aryl methyl sites for hydroxylation is 1. The normalized spacial score (nSPS) is 11.4. The van der Waals surface area contributed by atoms with Gasteiger partial charge in [-0.05, 0) is 32.9 Å². The molecule has 2 heterocycles. The van der Waals surface area contributed by atoms with E-state index in [2.05, 4.69) is 48.4 Å². The second kappa shape index (κ2) is 9.26. The molecule has 0 atom stereocenters. The van der Waals surface area contributed by atoms with Crippen molar-refractivity contribution in [3.8, 4) is 0 Å². The average Bonchev–Trinajstić information content (AvgIpc) is 3.04.